The Balaban J connectivity index is 1.19. The number of benzene rings is 1. The van der Waals surface area contributed by atoms with Gasteiger partial charge in [-0.3, -0.25) is 14.5 Å². The fourth-order valence-electron chi connectivity index (χ4n) is 6.04. The molecule has 1 saturated carbocycles. The van der Waals surface area contributed by atoms with Crippen molar-refractivity contribution in [2.45, 2.75) is 57.4 Å². The molecule has 0 bridgehead atoms. The Morgan fingerprint density at radius 3 is 2.35 bits per heavy atom. The van der Waals surface area contributed by atoms with Crippen LogP contribution in [0.15, 0.2) is 41.8 Å². The van der Waals surface area contributed by atoms with Gasteiger partial charge in [0.25, 0.3) is 0 Å². The highest BCUT2D eigenvalue weighted by atomic mass is 32.1. The molecule has 1 saturated heterocycles. The topological polar surface area (TPSA) is 43.9 Å². The fourth-order valence-corrected chi connectivity index (χ4v) is 6.94. The van der Waals surface area contributed by atoms with Crippen molar-refractivity contribution in [3.05, 3.63) is 57.8 Å². The van der Waals surface area contributed by atoms with Crippen LogP contribution in [0.1, 0.15) is 67.0 Å². The lowest BCUT2D eigenvalue weighted by molar-refractivity contribution is -0.134. The van der Waals surface area contributed by atoms with Gasteiger partial charge in [0.15, 0.2) is 0 Å². The van der Waals surface area contributed by atoms with E-state index in [1.54, 1.807) is 0 Å². The molecule has 3 aliphatic rings. The van der Waals surface area contributed by atoms with Crippen LogP contribution in [-0.2, 0) is 16.0 Å². The molecule has 0 spiro atoms. The quantitative estimate of drug-likeness (QED) is 0.602. The number of fused-ring (bicyclic) bond motifs is 1. The first-order valence-electron chi connectivity index (χ1n) is 13.1. The summed E-state index contributed by atoms with van der Waals surface area (Å²) in [7, 11) is 0. The highest BCUT2D eigenvalue weighted by Gasteiger charge is 2.32. The predicted octanol–water partition coefficient (Wildman–Crippen LogP) is 4.73. The van der Waals surface area contributed by atoms with Gasteiger partial charge in [0.2, 0.25) is 11.8 Å². The minimum Gasteiger partial charge on any atom is -0.341 e. The first-order chi connectivity index (χ1) is 16.7. The van der Waals surface area contributed by atoms with E-state index in [1.807, 2.05) is 27.2 Å². The van der Waals surface area contributed by atoms with Crippen molar-refractivity contribution in [3.8, 4) is 0 Å². The van der Waals surface area contributed by atoms with E-state index in [1.165, 1.54) is 41.7 Å². The van der Waals surface area contributed by atoms with Crippen molar-refractivity contribution in [1.82, 2.24) is 14.7 Å². The highest BCUT2D eigenvalue weighted by Crippen LogP contribution is 2.37. The lowest BCUT2D eigenvalue weighted by atomic mass is 9.93. The predicted molar refractivity (Wildman–Crippen MR) is 137 cm³/mol. The Kier molecular flexibility index (Phi) is 7.65. The molecule has 182 valence electrons. The van der Waals surface area contributed by atoms with Gasteiger partial charge >= 0.3 is 0 Å². The molecule has 34 heavy (non-hydrogen) atoms. The summed E-state index contributed by atoms with van der Waals surface area (Å²) >= 11 is 1.83. The van der Waals surface area contributed by atoms with Gasteiger partial charge in [-0.2, -0.15) is 0 Å². The first-order valence-corrected chi connectivity index (χ1v) is 14.0. The van der Waals surface area contributed by atoms with Gasteiger partial charge in [0.05, 0.1) is 12.6 Å². The Hall–Kier alpha value is -2.18. The lowest BCUT2D eigenvalue weighted by Gasteiger charge is -2.37. The maximum absolute atomic E-state index is 13.4. The third-order valence-corrected chi connectivity index (χ3v) is 8.96. The maximum atomic E-state index is 13.4. The van der Waals surface area contributed by atoms with Crippen molar-refractivity contribution in [2.24, 2.45) is 5.92 Å². The molecule has 2 amide bonds. The van der Waals surface area contributed by atoms with Gasteiger partial charge in [0, 0.05) is 44.0 Å². The fraction of sp³-hybridized carbons (Fsp3) is 0.571. The molecule has 2 aliphatic heterocycles. The summed E-state index contributed by atoms with van der Waals surface area (Å²) in [4.78, 5) is 34.0. The highest BCUT2D eigenvalue weighted by molar-refractivity contribution is 7.10. The summed E-state index contributed by atoms with van der Waals surface area (Å²) in [6.45, 7) is 4.19. The molecule has 3 heterocycles. The summed E-state index contributed by atoms with van der Waals surface area (Å²) in [6.07, 6.45) is 8.84. The van der Waals surface area contributed by atoms with Crippen molar-refractivity contribution in [2.75, 3.05) is 39.3 Å². The zero-order valence-electron chi connectivity index (χ0n) is 20.2. The van der Waals surface area contributed by atoms with E-state index in [-0.39, 0.29) is 17.9 Å². The number of carbonyl (C=O) groups is 2. The summed E-state index contributed by atoms with van der Waals surface area (Å²) < 4.78 is 0. The van der Waals surface area contributed by atoms with Crippen molar-refractivity contribution in [3.63, 3.8) is 0 Å². The van der Waals surface area contributed by atoms with Crippen LogP contribution in [0.3, 0.4) is 0 Å². The van der Waals surface area contributed by atoms with E-state index in [4.69, 9.17) is 0 Å². The van der Waals surface area contributed by atoms with Crippen LogP contribution < -0.4 is 0 Å². The molecule has 1 aromatic carbocycles. The molecule has 0 N–H and O–H groups in total. The van der Waals surface area contributed by atoms with Crippen LogP contribution in [-0.4, -0.2) is 65.8 Å². The first kappa shape index (κ1) is 23.6. The summed E-state index contributed by atoms with van der Waals surface area (Å²) in [5.41, 5.74) is 2.61. The minimum atomic E-state index is 0.140. The van der Waals surface area contributed by atoms with Crippen molar-refractivity contribution < 1.29 is 9.59 Å². The van der Waals surface area contributed by atoms with Gasteiger partial charge in [-0.05, 0) is 47.8 Å². The Morgan fingerprint density at radius 2 is 1.59 bits per heavy atom. The molecule has 1 aliphatic carbocycles. The largest absolute Gasteiger partial charge is 0.341 e. The third kappa shape index (κ3) is 5.38. The van der Waals surface area contributed by atoms with Gasteiger partial charge in [-0.15, -0.1) is 11.3 Å². The molecular formula is C28H37N3O2S. The monoisotopic (exact) mass is 479 g/mol. The van der Waals surface area contributed by atoms with E-state index in [2.05, 4.69) is 40.6 Å². The second-order valence-corrected chi connectivity index (χ2v) is 11.1. The molecule has 5 nitrogen and oxygen atoms in total. The van der Waals surface area contributed by atoms with Crippen LogP contribution in [0.4, 0.5) is 0 Å². The number of hydrogen-bond donors (Lipinski definition) is 0. The number of amides is 2. The van der Waals surface area contributed by atoms with Gasteiger partial charge < -0.3 is 9.80 Å². The molecule has 1 atom stereocenters. The normalized spacial score (nSPS) is 21.9. The van der Waals surface area contributed by atoms with Crippen LogP contribution >= 0.6 is 11.3 Å². The number of hydrogen-bond acceptors (Lipinski definition) is 4. The van der Waals surface area contributed by atoms with Crippen molar-refractivity contribution in [1.29, 1.82) is 0 Å². The van der Waals surface area contributed by atoms with Crippen LogP contribution in [0.2, 0.25) is 0 Å². The maximum Gasteiger partial charge on any atom is 0.236 e. The van der Waals surface area contributed by atoms with Gasteiger partial charge in [0.1, 0.15) is 0 Å². The van der Waals surface area contributed by atoms with E-state index < -0.39 is 0 Å². The molecule has 5 rings (SSSR count). The van der Waals surface area contributed by atoms with Crippen LogP contribution in [0.5, 0.6) is 0 Å². The molecule has 2 aromatic rings. The second-order valence-electron chi connectivity index (χ2n) is 10.1. The average Bonchev–Trinajstić information content (AvgIpc) is 3.50. The van der Waals surface area contributed by atoms with Crippen LogP contribution in [0.25, 0.3) is 0 Å². The second kappa shape index (κ2) is 11.0. The molecule has 6 heteroatoms. The molecule has 1 aromatic heterocycles. The Morgan fingerprint density at radius 1 is 0.853 bits per heavy atom. The van der Waals surface area contributed by atoms with Crippen LogP contribution in [0, 0.1) is 5.92 Å². The summed E-state index contributed by atoms with van der Waals surface area (Å²) in [5, 5.41) is 2.18. The molecule has 0 unspecified atom stereocenters. The zero-order chi connectivity index (χ0) is 23.3. The number of nitrogens with zero attached hydrogens (tertiary/aromatic N) is 3. The smallest absolute Gasteiger partial charge is 0.236 e. The summed E-state index contributed by atoms with van der Waals surface area (Å²) in [5.74, 6) is 1.23. The van der Waals surface area contributed by atoms with E-state index in [0.717, 1.165) is 44.8 Å². The molecular weight excluding hydrogens is 442 g/mol. The minimum absolute atomic E-state index is 0.140. The number of carbonyl (C=O) groups excluding carboxylic acids is 2. The van der Waals surface area contributed by atoms with Gasteiger partial charge in [-0.1, -0.05) is 56.0 Å². The van der Waals surface area contributed by atoms with Gasteiger partial charge in [-0.25, -0.2) is 0 Å². The summed E-state index contributed by atoms with van der Waals surface area (Å²) in [6, 6.07) is 12.9. The number of thiophene rings is 1. The molecule has 2 fully saturated rings. The Labute approximate surface area is 207 Å². The standard InChI is InChI=1S/C28H37N3O2S/c32-26(12-11-22-7-4-5-8-22)29-15-6-16-30(19-18-29)27(33)21-31-17-13-25-24(14-20-34-25)28(31)23-9-2-1-3-10-23/h1-3,9-10,14,20,22,28H,4-8,11-13,15-19,21H2/t28-/m0/s1. The Bertz CT molecular complexity index is 969. The third-order valence-electron chi connectivity index (χ3n) is 7.96. The van der Waals surface area contributed by atoms with E-state index in [0.29, 0.717) is 26.1 Å². The van der Waals surface area contributed by atoms with Crippen molar-refractivity contribution >= 4 is 23.2 Å². The van der Waals surface area contributed by atoms with E-state index >= 15 is 0 Å². The van der Waals surface area contributed by atoms with E-state index in [9.17, 15) is 9.59 Å². The zero-order valence-corrected chi connectivity index (χ0v) is 21.0. The SMILES string of the molecule is O=C(CCC1CCCC1)N1CCCN(C(=O)CN2CCc3sccc3[C@@H]2c2ccccc2)CC1. The molecule has 0 radical (unpaired) electrons. The lowest BCUT2D eigenvalue weighted by Crippen LogP contribution is -2.45. The number of rotatable bonds is 6. The average molecular weight is 480 g/mol.